The predicted octanol–water partition coefficient (Wildman–Crippen LogP) is 8.65. The Kier molecular flexibility index (Phi) is 9.22. The first kappa shape index (κ1) is 27.8. The zero-order chi connectivity index (χ0) is 26.5. The van der Waals surface area contributed by atoms with Crippen LogP contribution in [0.2, 0.25) is 35.7 Å². The fraction of sp³-hybridized carbons (Fsp3) is 0.286. The van der Waals surface area contributed by atoms with E-state index in [1.165, 1.54) is 0 Å². The lowest BCUT2D eigenvalue weighted by Gasteiger charge is -2.18. The second-order valence-corrected chi connectivity index (χ2v) is 16.3. The highest BCUT2D eigenvalue weighted by atomic mass is 35.5. The number of aryl methyl sites for hydroxylation is 1. The van der Waals surface area contributed by atoms with Gasteiger partial charge in [0.05, 0.1) is 11.2 Å². The number of benzene rings is 2. The Morgan fingerprint density at radius 2 is 1.78 bits per heavy atom. The van der Waals surface area contributed by atoms with Gasteiger partial charge in [0.25, 0.3) is 0 Å². The summed E-state index contributed by atoms with van der Waals surface area (Å²) in [6.45, 7) is 10.8. The smallest absolute Gasteiger partial charge is 0.331 e. The lowest BCUT2D eigenvalue weighted by molar-refractivity contribution is -0.132. The number of carboxylic acids is 1. The molecule has 2 aromatic carbocycles. The largest absolute Gasteiger partial charge is 0.487 e. The zero-order valence-electron chi connectivity index (χ0n) is 21.2. The molecule has 0 fully saturated rings. The van der Waals surface area contributed by atoms with Crippen LogP contribution in [-0.4, -0.2) is 24.1 Å². The van der Waals surface area contributed by atoms with E-state index in [9.17, 15) is 9.90 Å². The van der Waals surface area contributed by atoms with E-state index in [0.29, 0.717) is 46.0 Å². The number of pyridine rings is 1. The maximum atomic E-state index is 12.0. The Bertz CT molecular complexity index is 1240. The third kappa shape index (κ3) is 7.60. The average molecular weight is 545 g/mol. The molecular formula is C28H31Cl2NO4Si. The third-order valence-corrected chi connectivity index (χ3v) is 8.17. The minimum atomic E-state index is -1.38. The summed E-state index contributed by atoms with van der Waals surface area (Å²) in [7, 11) is -1.38. The Labute approximate surface area is 223 Å². The Balaban J connectivity index is 1.75. The second-order valence-electron chi connectivity index (χ2n) is 9.89. The predicted molar refractivity (Wildman–Crippen MR) is 149 cm³/mol. The van der Waals surface area contributed by atoms with Gasteiger partial charge in [0.2, 0.25) is 5.88 Å². The van der Waals surface area contributed by atoms with Crippen LogP contribution in [0.1, 0.15) is 30.0 Å². The summed E-state index contributed by atoms with van der Waals surface area (Å²) in [6.07, 6.45) is 2.12. The summed E-state index contributed by atoms with van der Waals surface area (Å²) in [5.74, 6) is 0.539. The number of nitrogens with zero attached hydrogens (tertiary/aromatic N) is 1. The first-order valence-corrected chi connectivity index (χ1v) is 16.1. The number of halogens is 2. The fourth-order valence-corrected chi connectivity index (χ4v) is 5.09. The van der Waals surface area contributed by atoms with Gasteiger partial charge in [-0.2, -0.15) is 0 Å². The van der Waals surface area contributed by atoms with Gasteiger partial charge >= 0.3 is 5.97 Å². The average Bonchev–Trinajstić information content (AvgIpc) is 2.80. The highest BCUT2D eigenvalue weighted by Crippen LogP contribution is 2.36. The third-order valence-electron chi connectivity index (χ3n) is 5.77. The van der Waals surface area contributed by atoms with E-state index in [4.69, 9.17) is 32.7 Å². The van der Waals surface area contributed by atoms with Crippen LogP contribution < -0.4 is 9.47 Å². The Hall–Kier alpha value is -2.80. The monoisotopic (exact) mass is 543 g/mol. The van der Waals surface area contributed by atoms with Crippen LogP contribution in [0.15, 0.2) is 60.3 Å². The van der Waals surface area contributed by atoms with Gasteiger partial charge in [0.1, 0.15) is 12.4 Å². The van der Waals surface area contributed by atoms with Crippen molar-refractivity contribution in [3.8, 4) is 17.4 Å². The van der Waals surface area contributed by atoms with Crippen LogP contribution >= 0.6 is 23.2 Å². The topological polar surface area (TPSA) is 68.7 Å². The number of hydrogen-bond acceptors (Lipinski definition) is 4. The molecule has 190 valence electrons. The van der Waals surface area contributed by atoms with E-state index in [1.54, 1.807) is 24.4 Å². The standard InChI is InChI=1S/C28H31Cl2NO4Si/c1-18-14-21(19(2)23(28(32)33)12-13-36(3,4)5)15-25(30)27(18)35-26-11-10-22(16-31-26)34-17-20-8-6-7-9-24(20)29/h6-11,14-16H,12-13,17H2,1-5H3,(H,32,33)/b23-19+. The van der Waals surface area contributed by atoms with Crippen LogP contribution in [-0.2, 0) is 11.4 Å². The molecule has 1 N–H and O–H groups in total. The molecule has 1 aromatic heterocycles. The molecule has 0 aliphatic rings. The van der Waals surface area contributed by atoms with E-state index in [2.05, 4.69) is 24.6 Å². The number of aromatic nitrogens is 1. The van der Waals surface area contributed by atoms with Crippen LogP contribution in [0.25, 0.3) is 5.57 Å². The molecule has 3 rings (SSSR count). The van der Waals surface area contributed by atoms with Crippen molar-refractivity contribution in [3.63, 3.8) is 0 Å². The summed E-state index contributed by atoms with van der Waals surface area (Å²) in [5.41, 5.74) is 3.59. The number of ether oxygens (including phenoxy) is 2. The molecule has 8 heteroatoms. The van der Waals surface area contributed by atoms with E-state index in [1.807, 2.05) is 44.2 Å². The molecule has 1 heterocycles. The molecule has 0 radical (unpaired) electrons. The number of hydrogen-bond donors (Lipinski definition) is 1. The summed E-state index contributed by atoms with van der Waals surface area (Å²) < 4.78 is 11.7. The first-order chi connectivity index (χ1) is 16.9. The van der Waals surface area contributed by atoms with Gasteiger partial charge in [0, 0.05) is 30.3 Å². The molecule has 0 aliphatic heterocycles. The van der Waals surface area contributed by atoms with Gasteiger partial charge in [-0.1, -0.05) is 67.1 Å². The van der Waals surface area contributed by atoms with Gasteiger partial charge in [-0.15, -0.1) is 0 Å². The molecule has 0 saturated carbocycles. The van der Waals surface area contributed by atoms with Gasteiger partial charge in [-0.05, 0) is 61.2 Å². The van der Waals surface area contributed by atoms with Gasteiger partial charge < -0.3 is 14.6 Å². The molecular weight excluding hydrogens is 513 g/mol. The molecule has 3 aromatic rings. The summed E-state index contributed by atoms with van der Waals surface area (Å²) in [4.78, 5) is 16.3. The van der Waals surface area contributed by atoms with Crippen LogP contribution in [0.5, 0.6) is 17.4 Å². The van der Waals surface area contributed by atoms with Gasteiger partial charge in [-0.3, -0.25) is 0 Å². The molecule has 0 atom stereocenters. The van der Waals surface area contributed by atoms with E-state index in [0.717, 1.165) is 28.3 Å². The highest BCUT2D eigenvalue weighted by Gasteiger charge is 2.20. The zero-order valence-corrected chi connectivity index (χ0v) is 23.7. The maximum absolute atomic E-state index is 12.0. The molecule has 0 unspecified atom stereocenters. The van der Waals surface area contributed by atoms with Crippen molar-refractivity contribution in [1.29, 1.82) is 0 Å². The van der Waals surface area contributed by atoms with Gasteiger partial charge in [0.15, 0.2) is 5.75 Å². The number of aliphatic carboxylic acids is 1. The Morgan fingerprint density at radius 1 is 1.06 bits per heavy atom. The molecule has 5 nitrogen and oxygen atoms in total. The van der Waals surface area contributed by atoms with Crippen molar-refractivity contribution in [3.05, 3.63) is 87.0 Å². The van der Waals surface area contributed by atoms with Crippen molar-refractivity contribution >= 4 is 42.8 Å². The molecule has 0 amide bonds. The van der Waals surface area contributed by atoms with Crippen molar-refractivity contribution in [2.75, 3.05) is 0 Å². The van der Waals surface area contributed by atoms with Crippen molar-refractivity contribution in [2.24, 2.45) is 0 Å². The molecule has 0 aliphatic carbocycles. The number of rotatable bonds is 10. The minimum absolute atomic E-state index is 0.330. The second kappa shape index (κ2) is 12.0. The quantitative estimate of drug-likeness (QED) is 0.204. The van der Waals surface area contributed by atoms with Crippen molar-refractivity contribution in [1.82, 2.24) is 4.98 Å². The summed E-state index contributed by atoms with van der Waals surface area (Å²) in [5, 5.41) is 10.8. The molecule has 36 heavy (non-hydrogen) atoms. The summed E-state index contributed by atoms with van der Waals surface area (Å²) >= 11 is 12.7. The lowest BCUT2D eigenvalue weighted by atomic mass is 9.98. The fourth-order valence-electron chi connectivity index (χ4n) is 3.60. The highest BCUT2D eigenvalue weighted by molar-refractivity contribution is 6.76. The van der Waals surface area contributed by atoms with E-state index in [-0.39, 0.29) is 0 Å². The summed E-state index contributed by atoms with van der Waals surface area (Å²) in [6, 6.07) is 15.5. The normalized spacial score (nSPS) is 12.2. The Morgan fingerprint density at radius 3 is 2.36 bits per heavy atom. The molecule has 0 saturated heterocycles. The van der Waals surface area contributed by atoms with Crippen molar-refractivity contribution < 1.29 is 19.4 Å². The van der Waals surface area contributed by atoms with E-state index >= 15 is 0 Å². The van der Waals surface area contributed by atoms with Crippen LogP contribution in [0.4, 0.5) is 0 Å². The number of carbonyl (C=O) groups is 1. The van der Waals surface area contributed by atoms with Crippen LogP contribution in [0.3, 0.4) is 0 Å². The minimum Gasteiger partial charge on any atom is -0.487 e. The first-order valence-electron chi connectivity index (χ1n) is 11.7. The van der Waals surface area contributed by atoms with Crippen LogP contribution in [0, 0.1) is 6.92 Å². The maximum Gasteiger partial charge on any atom is 0.331 e. The van der Waals surface area contributed by atoms with Gasteiger partial charge in [-0.25, -0.2) is 9.78 Å². The molecule has 0 spiro atoms. The molecule has 0 bridgehead atoms. The van der Waals surface area contributed by atoms with E-state index < -0.39 is 14.0 Å². The number of allylic oxidation sites excluding steroid dienone is 1. The SMILES string of the molecule is C/C(=C(/CC[Si](C)(C)C)C(=O)O)c1cc(C)c(Oc2ccc(OCc3ccccc3Cl)cn2)c(Cl)c1. The van der Waals surface area contributed by atoms with Crippen molar-refractivity contribution in [2.45, 2.75) is 52.6 Å². The lowest BCUT2D eigenvalue weighted by Crippen LogP contribution is -2.20. The number of carboxylic acid groups (broad SMARTS) is 1.